The Morgan fingerprint density at radius 3 is 2.55 bits per heavy atom. The number of carboxylic acids is 1. The minimum absolute atomic E-state index is 0.0154. The molecule has 110 valence electrons. The summed E-state index contributed by atoms with van der Waals surface area (Å²) in [6, 6.07) is 0.991. The summed E-state index contributed by atoms with van der Waals surface area (Å²) >= 11 is 0. The van der Waals surface area contributed by atoms with Crippen LogP contribution in [0.5, 0.6) is 0 Å². The molecule has 0 aliphatic heterocycles. The Morgan fingerprint density at radius 1 is 1.35 bits per heavy atom. The molecule has 0 aromatic carbocycles. The van der Waals surface area contributed by atoms with Crippen molar-refractivity contribution in [1.82, 2.24) is 10.3 Å². The molecule has 1 heterocycles. The first-order chi connectivity index (χ1) is 9.22. The summed E-state index contributed by atoms with van der Waals surface area (Å²) in [6.07, 6.45) is 2.63. The van der Waals surface area contributed by atoms with Crippen LogP contribution in [0, 0.1) is 11.3 Å². The number of amides is 2. The van der Waals surface area contributed by atoms with Crippen molar-refractivity contribution in [3.8, 4) is 0 Å². The highest BCUT2D eigenvalue weighted by atomic mass is 16.4. The maximum Gasteiger partial charge on any atom is 0.337 e. The lowest BCUT2D eigenvalue weighted by Gasteiger charge is -2.29. The van der Waals surface area contributed by atoms with Crippen molar-refractivity contribution in [3.05, 3.63) is 24.0 Å². The van der Waals surface area contributed by atoms with E-state index in [0.29, 0.717) is 18.2 Å². The summed E-state index contributed by atoms with van der Waals surface area (Å²) < 4.78 is 0. The van der Waals surface area contributed by atoms with Crippen LogP contribution in [0.15, 0.2) is 18.5 Å². The molecule has 2 amide bonds. The molecule has 0 aliphatic carbocycles. The van der Waals surface area contributed by atoms with Crippen molar-refractivity contribution < 1.29 is 14.7 Å². The van der Waals surface area contributed by atoms with E-state index in [1.54, 1.807) is 0 Å². The van der Waals surface area contributed by atoms with Crippen molar-refractivity contribution >= 4 is 17.7 Å². The Kier molecular flexibility index (Phi) is 5.07. The summed E-state index contributed by atoms with van der Waals surface area (Å²) in [5.41, 5.74) is 0.369. The van der Waals surface area contributed by atoms with Crippen LogP contribution in [0.1, 0.15) is 38.1 Å². The van der Waals surface area contributed by atoms with Crippen LogP contribution in [0.4, 0.5) is 10.5 Å². The van der Waals surface area contributed by atoms with Gasteiger partial charge in [-0.2, -0.15) is 0 Å². The van der Waals surface area contributed by atoms with Gasteiger partial charge in [-0.1, -0.05) is 27.7 Å². The number of nitrogens with one attached hydrogen (secondary N) is 2. The van der Waals surface area contributed by atoms with Gasteiger partial charge in [0.05, 0.1) is 17.4 Å². The quantitative estimate of drug-likeness (QED) is 0.772. The number of urea groups is 1. The summed E-state index contributed by atoms with van der Waals surface area (Å²) in [5, 5.41) is 14.2. The van der Waals surface area contributed by atoms with Gasteiger partial charge in [-0.05, 0) is 17.4 Å². The lowest BCUT2D eigenvalue weighted by atomic mass is 9.81. The third kappa shape index (κ3) is 4.53. The minimum atomic E-state index is -1.08. The number of hydrogen-bond acceptors (Lipinski definition) is 3. The zero-order valence-electron chi connectivity index (χ0n) is 12.2. The van der Waals surface area contributed by atoms with Gasteiger partial charge in [0.2, 0.25) is 0 Å². The second-order valence-corrected chi connectivity index (χ2v) is 5.72. The molecule has 0 saturated carbocycles. The highest BCUT2D eigenvalue weighted by molar-refractivity contribution is 5.92. The normalized spacial score (nSPS) is 11.2. The molecule has 6 nitrogen and oxygen atoms in total. The number of anilines is 1. The SMILES string of the molecule is CC(C)C(C)(C)CNC(=O)Nc1cncc(C(=O)O)c1. The third-order valence-electron chi connectivity index (χ3n) is 3.51. The molecule has 20 heavy (non-hydrogen) atoms. The molecular weight excluding hydrogens is 258 g/mol. The number of carboxylic acid groups (broad SMARTS) is 1. The smallest absolute Gasteiger partial charge is 0.337 e. The van der Waals surface area contributed by atoms with Gasteiger partial charge in [0.1, 0.15) is 0 Å². The number of carbonyl (C=O) groups is 2. The fraction of sp³-hybridized carbons (Fsp3) is 0.500. The predicted molar refractivity (Wildman–Crippen MR) is 76.8 cm³/mol. The van der Waals surface area contributed by atoms with E-state index in [9.17, 15) is 9.59 Å². The van der Waals surface area contributed by atoms with Gasteiger partial charge < -0.3 is 15.7 Å². The van der Waals surface area contributed by atoms with Gasteiger partial charge in [-0.25, -0.2) is 9.59 Å². The Morgan fingerprint density at radius 2 is 2.00 bits per heavy atom. The number of rotatable bonds is 5. The van der Waals surface area contributed by atoms with Crippen molar-refractivity contribution in [2.24, 2.45) is 11.3 Å². The first-order valence-electron chi connectivity index (χ1n) is 6.45. The van der Waals surface area contributed by atoms with Crippen LogP contribution < -0.4 is 10.6 Å². The molecule has 0 fully saturated rings. The van der Waals surface area contributed by atoms with Crippen LogP contribution in [-0.4, -0.2) is 28.6 Å². The van der Waals surface area contributed by atoms with Crippen LogP contribution in [0.3, 0.4) is 0 Å². The van der Waals surface area contributed by atoms with E-state index in [4.69, 9.17) is 5.11 Å². The van der Waals surface area contributed by atoms with Gasteiger partial charge in [0.15, 0.2) is 0 Å². The maximum atomic E-state index is 11.8. The van der Waals surface area contributed by atoms with E-state index in [1.165, 1.54) is 18.5 Å². The van der Waals surface area contributed by atoms with E-state index in [1.807, 2.05) is 0 Å². The molecule has 0 bridgehead atoms. The molecule has 3 N–H and O–H groups in total. The van der Waals surface area contributed by atoms with Gasteiger partial charge in [0, 0.05) is 12.7 Å². The van der Waals surface area contributed by atoms with Crippen LogP contribution >= 0.6 is 0 Å². The van der Waals surface area contributed by atoms with Gasteiger partial charge in [-0.3, -0.25) is 4.98 Å². The Bertz CT molecular complexity index is 498. The molecule has 0 saturated heterocycles. The number of pyridine rings is 1. The van der Waals surface area contributed by atoms with Crippen molar-refractivity contribution in [3.63, 3.8) is 0 Å². The molecule has 6 heteroatoms. The van der Waals surface area contributed by atoms with Crippen LogP contribution in [0.25, 0.3) is 0 Å². The zero-order valence-corrected chi connectivity index (χ0v) is 12.2. The van der Waals surface area contributed by atoms with Gasteiger partial charge in [-0.15, -0.1) is 0 Å². The predicted octanol–water partition coefficient (Wildman–Crippen LogP) is 2.58. The van der Waals surface area contributed by atoms with Crippen molar-refractivity contribution in [2.45, 2.75) is 27.7 Å². The minimum Gasteiger partial charge on any atom is -0.478 e. The highest BCUT2D eigenvalue weighted by Gasteiger charge is 2.22. The number of nitrogens with zero attached hydrogens (tertiary/aromatic N) is 1. The van der Waals surface area contributed by atoms with Crippen LogP contribution in [-0.2, 0) is 0 Å². The largest absolute Gasteiger partial charge is 0.478 e. The molecule has 0 spiro atoms. The first-order valence-corrected chi connectivity index (χ1v) is 6.45. The molecule has 0 unspecified atom stereocenters. The molecule has 0 aliphatic rings. The van der Waals surface area contributed by atoms with E-state index in [2.05, 4.69) is 43.3 Å². The number of carbonyl (C=O) groups excluding carboxylic acids is 1. The number of aromatic carboxylic acids is 1. The topological polar surface area (TPSA) is 91.3 Å². The molecule has 1 aromatic heterocycles. The first kappa shape index (κ1) is 15.9. The number of aromatic nitrogens is 1. The number of hydrogen-bond donors (Lipinski definition) is 3. The summed E-state index contributed by atoms with van der Waals surface area (Å²) in [4.78, 5) is 26.3. The fourth-order valence-electron chi connectivity index (χ4n) is 1.31. The second kappa shape index (κ2) is 6.36. The fourth-order valence-corrected chi connectivity index (χ4v) is 1.31. The van der Waals surface area contributed by atoms with E-state index in [0.717, 1.165) is 0 Å². The summed E-state index contributed by atoms with van der Waals surface area (Å²) in [6.45, 7) is 8.87. The average molecular weight is 279 g/mol. The monoisotopic (exact) mass is 279 g/mol. The molecule has 0 atom stereocenters. The van der Waals surface area contributed by atoms with Gasteiger partial charge >= 0.3 is 12.0 Å². The lowest BCUT2D eigenvalue weighted by molar-refractivity contribution is 0.0696. The lowest BCUT2D eigenvalue weighted by Crippen LogP contribution is -2.39. The average Bonchev–Trinajstić information content (AvgIpc) is 2.36. The summed E-state index contributed by atoms with van der Waals surface area (Å²) in [5.74, 6) is -0.651. The Balaban J connectivity index is 2.59. The van der Waals surface area contributed by atoms with E-state index < -0.39 is 5.97 Å². The molecule has 0 radical (unpaired) electrons. The van der Waals surface area contributed by atoms with Crippen LogP contribution in [0.2, 0.25) is 0 Å². The van der Waals surface area contributed by atoms with E-state index in [-0.39, 0.29) is 17.0 Å². The standard InChI is InChI=1S/C14H21N3O3/c1-9(2)14(3,4)8-16-13(20)17-11-5-10(12(18)19)6-15-7-11/h5-7,9H,8H2,1-4H3,(H,18,19)(H2,16,17,20). The third-order valence-corrected chi connectivity index (χ3v) is 3.51. The Labute approximate surface area is 118 Å². The zero-order chi connectivity index (χ0) is 15.3. The van der Waals surface area contributed by atoms with Crippen molar-refractivity contribution in [1.29, 1.82) is 0 Å². The maximum absolute atomic E-state index is 11.8. The summed E-state index contributed by atoms with van der Waals surface area (Å²) in [7, 11) is 0. The van der Waals surface area contributed by atoms with Crippen molar-refractivity contribution in [2.75, 3.05) is 11.9 Å². The molecule has 1 aromatic rings. The Hall–Kier alpha value is -2.11. The highest BCUT2D eigenvalue weighted by Crippen LogP contribution is 2.24. The molecule has 1 rings (SSSR count). The second-order valence-electron chi connectivity index (χ2n) is 5.72. The molecular formula is C14H21N3O3. The van der Waals surface area contributed by atoms with E-state index >= 15 is 0 Å². The van der Waals surface area contributed by atoms with Gasteiger partial charge in [0.25, 0.3) is 0 Å².